The molecule has 1 amide bonds. The fourth-order valence-corrected chi connectivity index (χ4v) is 2.67. The van der Waals surface area contributed by atoms with Gasteiger partial charge >= 0.3 is 17.6 Å². The molecule has 2 aromatic carbocycles. The van der Waals surface area contributed by atoms with Gasteiger partial charge in [-0.3, -0.25) is 4.79 Å². The number of aromatic nitrogens is 3. The highest BCUT2D eigenvalue weighted by Gasteiger charge is 2.34. The van der Waals surface area contributed by atoms with Crippen LogP contribution in [0, 0.1) is 0 Å². The Bertz CT molecular complexity index is 1120. The molecule has 1 N–H and O–H groups in total. The lowest BCUT2D eigenvalue weighted by Crippen LogP contribution is -2.26. The number of amides is 1. The van der Waals surface area contributed by atoms with Gasteiger partial charge in [0, 0.05) is 19.8 Å². The summed E-state index contributed by atoms with van der Waals surface area (Å²) in [5.74, 6) is -0.923. The van der Waals surface area contributed by atoms with E-state index in [1.165, 1.54) is 50.5 Å². The highest BCUT2D eigenvalue weighted by atomic mass is 19.4. The van der Waals surface area contributed by atoms with Crippen LogP contribution < -0.4 is 16.7 Å². The molecular weight excluding hydrogens is 377 g/mol. The Morgan fingerprint density at radius 3 is 1.96 bits per heavy atom. The van der Waals surface area contributed by atoms with Gasteiger partial charge in [-0.05, 0) is 36.4 Å². The third-order valence-corrected chi connectivity index (χ3v) is 4.25. The average molecular weight is 392 g/mol. The van der Waals surface area contributed by atoms with Crippen molar-refractivity contribution in [2.75, 3.05) is 5.32 Å². The molecule has 146 valence electrons. The van der Waals surface area contributed by atoms with Crippen LogP contribution >= 0.6 is 0 Å². The van der Waals surface area contributed by atoms with Crippen LogP contribution in [0.3, 0.4) is 0 Å². The summed E-state index contributed by atoms with van der Waals surface area (Å²) in [6, 6.07) is 10.1. The van der Waals surface area contributed by atoms with E-state index in [9.17, 15) is 27.6 Å². The Hall–Kier alpha value is -3.56. The van der Waals surface area contributed by atoms with Crippen molar-refractivity contribution < 1.29 is 18.0 Å². The summed E-state index contributed by atoms with van der Waals surface area (Å²) in [5, 5.41) is 2.38. The first-order chi connectivity index (χ1) is 13.1. The third-order valence-electron chi connectivity index (χ3n) is 4.25. The molecule has 0 atom stereocenters. The zero-order valence-corrected chi connectivity index (χ0v) is 14.8. The lowest BCUT2D eigenvalue weighted by atomic mass is 10.1. The molecule has 28 heavy (non-hydrogen) atoms. The SMILES string of the molecule is Cn1c(=O)n(-c2ccc(NC(=O)c3ccccc3C(F)(F)F)cc2)c(=O)n1C. The monoisotopic (exact) mass is 392 g/mol. The first kappa shape index (κ1) is 19.2. The summed E-state index contributed by atoms with van der Waals surface area (Å²) in [5.41, 5.74) is -2.17. The van der Waals surface area contributed by atoms with Crippen LogP contribution in [0.5, 0.6) is 0 Å². The van der Waals surface area contributed by atoms with Crippen LogP contribution in [0.25, 0.3) is 5.69 Å². The summed E-state index contributed by atoms with van der Waals surface area (Å²) >= 11 is 0. The minimum atomic E-state index is -4.66. The molecule has 0 saturated heterocycles. The van der Waals surface area contributed by atoms with Crippen molar-refractivity contribution in [2.24, 2.45) is 14.1 Å². The lowest BCUT2D eigenvalue weighted by molar-refractivity contribution is -0.137. The number of alkyl halides is 3. The van der Waals surface area contributed by atoms with Crippen LogP contribution in [-0.4, -0.2) is 19.8 Å². The summed E-state index contributed by atoms with van der Waals surface area (Å²) < 4.78 is 42.4. The number of nitrogens with one attached hydrogen (secondary N) is 1. The average Bonchev–Trinajstić information content (AvgIpc) is 2.85. The lowest BCUT2D eigenvalue weighted by Gasteiger charge is -2.12. The Balaban J connectivity index is 1.89. The van der Waals surface area contributed by atoms with Gasteiger partial charge in [0.25, 0.3) is 5.91 Å². The van der Waals surface area contributed by atoms with Gasteiger partial charge in [-0.2, -0.15) is 13.2 Å². The number of carbonyl (C=O) groups excluding carboxylic acids is 1. The Kier molecular flexibility index (Phi) is 4.72. The van der Waals surface area contributed by atoms with E-state index in [0.717, 1.165) is 26.1 Å². The highest BCUT2D eigenvalue weighted by Crippen LogP contribution is 2.32. The molecule has 3 aromatic rings. The Morgan fingerprint density at radius 2 is 1.43 bits per heavy atom. The fourth-order valence-electron chi connectivity index (χ4n) is 2.67. The summed E-state index contributed by atoms with van der Waals surface area (Å²) in [6.45, 7) is 0. The van der Waals surface area contributed by atoms with Crippen molar-refractivity contribution in [3.05, 3.63) is 80.6 Å². The molecule has 10 heteroatoms. The van der Waals surface area contributed by atoms with Crippen molar-refractivity contribution >= 4 is 11.6 Å². The van der Waals surface area contributed by atoms with Gasteiger partial charge < -0.3 is 5.32 Å². The van der Waals surface area contributed by atoms with E-state index in [2.05, 4.69) is 5.32 Å². The van der Waals surface area contributed by atoms with E-state index in [-0.39, 0.29) is 11.4 Å². The van der Waals surface area contributed by atoms with Gasteiger partial charge in [0.05, 0.1) is 16.8 Å². The number of benzene rings is 2. The molecule has 0 aliphatic heterocycles. The maximum absolute atomic E-state index is 13.1. The number of carbonyl (C=O) groups is 1. The van der Waals surface area contributed by atoms with Crippen molar-refractivity contribution in [3.63, 3.8) is 0 Å². The van der Waals surface area contributed by atoms with Crippen LogP contribution in [-0.2, 0) is 20.3 Å². The molecule has 0 spiro atoms. The maximum atomic E-state index is 13.1. The molecule has 1 aromatic heterocycles. The van der Waals surface area contributed by atoms with Crippen molar-refractivity contribution in [2.45, 2.75) is 6.18 Å². The van der Waals surface area contributed by atoms with Crippen LogP contribution in [0.2, 0.25) is 0 Å². The predicted octanol–water partition coefficient (Wildman–Crippen LogP) is 2.15. The minimum absolute atomic E-state index is 0.214. The highest BCUT2D eigenvalue weighted by molar-refractivity contribution is 6.05. The van der Waals surface area contributed by atoms with E-state index in [4.69, 9.17) is 0 Å². The van der Waals surface area contributed by atoms with E-state index < -0.39 is 34.6 Å². The van der Waals surface area contributed by atoms with Crippen molar-refractivity contribution in [1.29, 1.82) is 0 Å². The second-order valence-electron chi connectivity index (χ2n) is 5.99. The minimum Gasteiger partial charge on any atom is -0.322 e. The third kappa shape index (κ3) is 3.36. The van der Waals surface area contributed by atoms with Crippen LogP contribution in [0.4, 0.5) is 18.9 Å². The zero-order valence-electron chi connectivity index (χ0n) is 14.8. The number of rotatable bonds is 3. The number of halogens is 3. The number of anilines is 1. The molecule has 1 heterocycles. The smallest absolute Gasteiger partial charge is 0.322 e. The normalized spacial score (nSPS) is 11.5. The standard InChI is InChI=1S/C18H15F3N4O3/c1-23-16(27)25(17(28)24(23)2)12-9-7-11(8-10-12)22-15(26)13-5-3-4-6-14(13)18(19,20)21/h3-10H,1-2H3,(H,22,26). The van der Waals surface area contributed by atoms with Gasteiger partial charge in [-0.25, -0.2) is 23.5 Å². The van der Waals surface area contributed by atoms with Crippen LogP contribution in [0.15, 0.2) is 58.1 Å². The molecule has 0 radical (unpaired) electrons. The largest absolute Gasteiger partial charge is 0.417 e. The summed E-state index contributed by atoms with van der Waals surface area (Å²) in [7, 11) is 2.87. The van der Waals surface area contributed by atoms with Gasteiger partial charge in [0.15, 0.2) is 0 Å². The van der Waals surface area contributed by atoms with Crippen molar-refractivity contribution in [3.8, 4) is 5.69 Å². The van der Waals surface area contributed by atoms with E-state index in [1.54, 1.807) is 0 Å². The molecule has 0 fully saturated rings. The Labute approximate surface area is 156 Å². The molecule has 0 saturated carbocycles. The predicted molar refractivity (Wildman–Crippen MR) is 95.6 cm³/mol. The van der Waals surface area contributed by atoms with E-state index in [0.29, 0.717) is 0 Å². The van der Waals surface area contributed by atoms with Gasteiger partial charge in [-0.1, -0.05) is 12.1 Å². The van der Waals surface area contributed by atoms with Crippen molar-refractivity contribution in [1.82, 2.24) is 13.9 Å². The molecule has 0 bridgehead atoms. The molecular formula is C18H15F3N4O3. The second kappa shape index (κ2) is 6.87. The first-order valence-corrected chi connectivity index (χ1v) is 8.04. The van der Waals surface area contributed by atoms with Crippen LogP contribution in [0.1, 0.15) is 15.9 Å². The first-order valence-electron chi connectivity index (χ1n) is 8.04. The number of nitrogens with zero attached hydrogens (tertiary/aromatic N) is 3. The quantitative estimate of drug-likeness (QED) is 0.742. The van der Waals surface area contributed by atoms with Gasteiger partial charge in [-0.15, -0.1) is 0 Å². The van der Waals surface area contributed by atoms with Gasteiger partial charge in [0.1, 0.15) is 0 Å². The number of hydrogen-bond acceptors (Lipinski definition) is 3. The summed E-state index contributed by atoms with van der Waals surface area (Å²) in [4.78, 5) is 36.5. The maximum Gasteiger partial charge on any atom is 0.417 e. The topological polar surface area (TPSA) is 78.0 Å². The second-order valence-corrected chi connectivity index (χ2v) is 5.99. The van der Waals surface area contributed by atoms with Gasteiger partial charge in [0.2, 0.25) is 0 Å². The summed E-state index contributed by atoms with van der Waals surface area (Å²) in [6.07, 6.45) is -4.66. The molecule has 0 unspecified atom stereocenters. The molecule has 7 nitrogen and oxygen atoms in total. The molecule has 3 rings (SSSR count). The molecule has 0 aliphatic rings. The number of hydrogen-bond donors (Lipinski definition) is 1. The Morgan fingerprint density at radius 1 is 0.893 bits per heavy atom. The zero-order chi connectivity index (χ0) is 20.6. The fraction of sp³-hybridized carbons (Fsp3) is 0.167. The van der Waals surface area contributed by atoms with E-state index in [1.807, 2.05) is 0 Å². The molecule has 0 aliphatic carbocycles. The van der Waals surface area contributed by atoms with E-state index >= 15 is 0 Å².